The number of rotatable bonds is 11. The summed E-state index contributed by atoms with van der Waals surface area (Å²) in [5.41, 5.74) is 2.02. The van der Waals surface area contributed by atoms with Gasteiger partial charge in [-0.15, -0.1) is 5.10 Å². The van der Waals surface area contributed by atoms with E-state index in [1.54, 1.807) is 16.4 Å². The molecule has 1 heterocycles. The lowest BCUT2D eigenvalue weighted by atomic mass is 10.2. The molecule has 3 aromatic rings. The highest BCUT2D eigenvalue weighted by Crippen LogP contribution is 2.34. The Balaban J connectivity index is 1.58. The predicted molar refractivity (Wildman–Crippen MR) is 122 cm³/mol. The number of ether oxygens (including phenoxy) is 2. The van der Waals surface area contributed by atoms with Crippen LogP contribution >= 0.6 is 39.3 Å². The highest BCUT2D eigenvalue weighted by molar-refractivity contribution is 9.10. The Morgan fingerprint density at radius 1 is 1.17 bits per heavy atom. The zero-order valence-corrected chi connectivity index (χ0v) is 19.9. The van der Waals surface area contributed by atoms with Gasteiger partial charge in [0, 0.05) is 40.9 Å². The van der Waals surface area contributed by atoms with Gasteiger partial charge in [-0.1, -0.05) is 57.5 Å². The van der Waals surface area contributed by atoms with E-state index in [1.165, 1.54) is 0 Å². The molecule has 0 atom stereocenters. The molecule has 0 saturated carbocycles. The molecule has 30 heavy (non-hydrogen) atoms. The second kappa shape index (κ2) is 11.5. The summed E-state index contributed by atoms with van der Waals surface area (Å²) < 4.78 is 14.4. The van der Waals surface area contributed by atoms with E-state index in [9.17, 15) is 0 Å². The van der Waals surface area contributed by atoms with Gasteiger partial charge in [-0.05, 0) is 41.1 Å². The largest absolute Gasteiger partial charge is 0.490 e. The molecule has 0 aliphatic rings. The van der Waals surface area contributed by atoms with Crippen molar-refractivity contribution in [1.82, 2.24) is 25.5 Å². The fourth-order valence-corrected chi connectivity index (χ4v) is 4.05. The Morgan fingerprint density at radius 2 is 1.97 bits per heavy atom. The van der Waals surface area contributed by atoms with Crippen molar-refractivity contribution in [1.29, 1.82) is 0 Å². The molecule has 7 nitrogen and oxygen atoms in total. The molecule has 0 radical (unpaired) electrons. The minimum atomic E-state index is 0.373. The first-order chi connectivity index (χ1) is 14.6. The van der Waals surface area contributed by atoms with E-state index >= 15 is 0 Å². The van der Waals surface area contributed by atoms with Gasteiger partial charge in [-0.25, -0.2) is 4.68 Å². The monoisotopic (exact) mass is 511 g/mol. The molecule has 0 amide bonds. The molecule has 0 unspecified atom stereocenters. The maximum absolute atomic E-state index is 6.23. The predicted octanol–water partition coefficient (Wildman–Crippen LogP) is 4.49. The number of hydrogen-bond acceptors (Lipinski definition) is 7. The van der Waals surface area contributed by atoms with Gasteiger partial charge in [0.2, 0.25) is 5.16 Å². The Kier molecular flexibility index (Phi) is 8.80. The second-order valence-electron chi connectivity index (χ2n) is 6.31. The Labute approximate surface area is 193 Å². The first-order valence-electron chi connectivity index (χ1n) is 9.45. The molecular weight excluding hydrogens is 490 g/mol. The van der Waals surface area contributed by atoms with E-state index in [4.69, 9.17) is 21.1 Å². The first kappa shape index (κ1) is 22.9. The number of hydrogen-bond donors (Lipinski definition) is 1. The Bertz CT molecular complexity index is 972. The number of benzene rings is 2. The van der Waals surface area contributed by atoms with E-state index in [1.807, 2.05) is 50.4 Å². The van der Waals surface area contributed by atoms with Gasteiger partial charge in [0.1, 0.15) is 6.61 Å². The summed E-state index contributed by atoms with van der Waals surface area (Å²) in [5.74, 6) is 2.25. The Hall–Kier alpha value is -1.81. The van der Waals surface area contributed by atoms with Gasteiger partial charge in [0.25, 0.3) is 0 Å². The quantitative estimate of drug-likeness (QED) is 0.300. The normalized spacial score (nSPS) is 10.9. The molecule has 0 bridgehead atoms. The highest BCUT2D eigenvalue weighted by atomic mass is 79.9. The highest BCUT2D eigenvalue weighted by Gasteiger charge is 2.12. The first-order valence-corrected chi connectivity index (χ1v) is 11.6. The van der Waals surface area contributed by atoms with Crippen LogP contribution in [0, 0.1) is 0 Å². The lowest BCUT2D eigenvalue weighted by Gasteiger charge is -2.16. The van der Waals surface area contributed by atoms with Gasteiger partial charge in [-0.2, -0.15) is 0 Å². The van der Waals surface area contributed by atoms with Crippen molar-refractivity contribution < 1.29 is 9.47 Å². The summed E-state index contributed by atoms with van der Waals surface area (Å²) >= 11 is 11.5. The summed E-state index contributed by atoms with van der Waals surface area (Å²) in [6.07, 6.45) is 0. The van der Waals surface area contributed by atoms with Crippen LogP contribution in [0.3, 0.4) is 0 Å². The van der Waals surface area contributed by atoms with Crippen LogP contribution in [0.5, 0.6) is 11.5 Å². The number of aryl methyl sites for hydroxylation is 1. The average Bonchev–Trinajstić information content (AvgIpc) is 3.14. The van der Waals surface area contributed by atoms with Gasteiger partial charge in [0.15, 0.2) is 11.5 Å². The van der Waals surface area contributed by atoms with Crippen LogP contribution in [0.1, 0.15) is 18.1 Å². The summed E-state index contributed by atoms with van der Waals surface area (Å²) in [4.78, 5) is 0. The minimum Gasteiger partial charge on any atom is -0.490 e. The average molecular weight is 513 g/mol. The summed E-state index contributed by atoms with van der Waals surface area (Å²) in [6.45, 7) is 4.40. The van der Waals surface area contributed by atoms with Crippen LogP contribution < -0.4 is 14.8 Å². The molecule has 0 spiro atoms. The molecule has 3 rings (SSSR count). The summed E-state index contributed by atoms with van der Waals surface area (Å²) in [7, 11) is 1.83. The molecule has 0 aliphatic heterocycles. The third kappa shape index (κ3) is 6.34. The number of nitrogens with one attached hydrogen (secondary N) is 1. The molecule has 0 aliphatic carbocycles. The molecule has 10 heteroatoms. The number of nitrogens with zero attached hydrogens (tertiary/aromatic N) is 4. The zero-order valence-electron chi connectivity index (χ0n) is 16.8. The molecule has 0 saturated heterocycles. The molecule has 0 fully saturated rings. The van der Waals surface area contributed by atoms with Gasteiger partial charge in [-0.3, -0.25) is 0 Å². The second-order valence-corrected chi connectivity index (χ2v) is 8.64. The number of tetrazole rings is 1. The van der Waals surface area contributed by atoms with Crippen molar-refractivity contribution in [3.63, 3.8) is 0 Å². The van der Waals surface area contributed by atoms with Crippen LogP contribution in [-0.2, 0) is 20.2 Å². The van der Waals surface area contributed by atoms with E-state index in [-0.39, 0.29) is 0 Å². The number of thioether (sulfide) groups is 1. The third-order valence-electron chi connectivity index (χ3n) is 4.16. The number of halogens is 2. The van der Waals surface area contributed by atoms with Crippen LogP contribution in [0.2, 0.25) is 5.02 Å². The van der Waals surface area contributed by atoms with Crippen LogP contribution in [-0.4, -0.2) is 39.1 Å². The molecule has 2 aromatic carbocycles. The van der Waals surface area contributed by atoms with Crippen LogP contribution in [0.15, 0.2) is 46.0 Å². The SMILES string of the molecule is CCOc1cc(CNCCSc2nnnn2C)c(Br)cc1OCc1ccccc1Cl. The van der Waals surface area contributed by atoms with Crippen molar-refractivity contribution in [3.8, 4) is 11.5 Å². The maximum atomic E-state index is 6.23. The van der Waals surface area contributed by atoms with Crippen molar-refractivity contribution >= 4 is 39.3 Å². The van der Waals surface area contributed by atoms with Crippen molar-refractivity contribution in [3.05, 3.63) is 57.0 Å². The zero-order chi connectivity index (χ0) is 21.3. The topological polar surface area (TPSA) is 74.1 Å². The van der Waals surface area contributed by atoms with Crippen LogP contribution in [0.25, 0.3) is 0 Å². The fourth-order valence-electron chi connectivity index (χ4n) is 2.65. The van der Waals surface area contributed by atoms with Crippen molar-refractivity contribution in [2.75, 3.05) is 18.9 Å². The molecule has 160 valence electrons. The van der Waals surface area contributed by atoms with Gasteiger partial charge < -0.3 is 14.8 Å². The Morgan fingerprint density at radius 3 is 2.70 bits per heavy atom. The maximum Gasteiger partial charge on any atom is 0.209 e. The standard InChI is InChI=1S/C20H23BrClN5O2S/c1-3-28-18-10-15(12-23-8-9-30-20-24-25-26-27(20)2)16(21)11-19(18)29-13-14-6-4-5-7-17(14)22/h4-7,10-11,23H,3,8-9,12-13H2,1-2H3. The summed E-state index contributed by atoms with van der Waals surface area (Å²) in [6, 6.07) is 11.6. The molecular formula is C20H23BrClN5O2S. The molecule has 1 aromatic heterocycles. The lowest BCUT2D eigenvalue weighted by Crippen LogP contribution is -2.17. The van der Waals surface area contributed by atoms with Crippen molar-refractivity contribution in [2.45, 2.75) is 25.2 Å². The van der Waals surface area contributed by atoms with Gasteiger partial charge >= 0.3 is 0 Å². The smallest absolute Gasteiger partial charge is 0.209 e. The fraction of sp³-hybridized carbons (Fsp3) is 0.350. The van der Waals surface area contributed by atoms with E-state index in [2.05, 4.69) is 36.8 Å². The molecule has 1 N–H and O–H groups in total. The number of aromatic nitrogens is 4. The van der Waals surface area contributed by atoms with Crippen molar-refractivity contribution in [2.24, 2.45) is 7.05 Å². The van der Waals surface area contributed by atoms with E-state index in [0.29, 0.717) is 36.3 Å². The summed E-state index contributed by atoms with van der Waals surface area (Å²) in [5, 5.41) is 16.3. The third-order valence-corrected chi connectivity index (χ3v) is 6.28. The van der Waals surface area contributed by atoms with E-state index in [0.717, 1.165) is 33.1 Å². The van der Waals surface area contributed by atoms with E-state index < -0.39 is 0 Å². The van der Waals surface area contributed by atoms with Gasteiger partial charge in [0.05, 0.1) is 6.61 Å². The lowest BCUT2D eigenvalue weighted by molar-refractivity contribution is 0.269. The van der Waals surface area contributed by atoms with Crippen LogP contribution in [0.4, 0.5) is 0 Å². The minimum absolute atomic E-state index is 0.373.